The molecule has 3 aromatic rings. The number of aromatic nitrogens is 2. The molecular weight excluding hydrogens is 276 g/mol. The SMILES string of the molecule is COc1ccc2c(C(C)c3ncc(N)nc3N)cccc2c1. The van der Waals surface area contributed by atoms with Crippen molar-refractivity contribution < 1.29 is 4.74 Å². The number of ether oxygens (including phenoxy) is 1. The molecule has 0 spiro atoms. The maximum atomic E-state index is 5.98. The molecule has 0 saturated heterocycles. The van der Waals surface area contributed by atoms with Gasteiger partial charge in [0.2, 0.25) is 0 Å². The summed E-state index contributed by atoms with van der Waals surface area (Å²) in [6, 6.07) is 12.2. The molecule has 2 aromatic carbocycles. The number of nitrogens with zero attached hydrogens (tertiary/aromatic N) is 2. The lowest BCUT2D eigenvalue weighted by Gasteiger charge is -2.16. The number of methoxy groups -OCH3 is 1. The molecule has 0 aliphatic heterocycles. The van der Waals surface area contributed by atoms with Crippen molar-refractivity contribution in [3.63, 3.8) is 0 Å². The highest BCUT2D eigenvalue weighted by molar-refractivity contribution is 5.87. The molecule has 22 heavy (non-hydrogen) atoms. The van der Waals surface area contributed by atoms with Crippen molar-refractivity contribution in [2.45, 2.75) is 12.8 Å². The zero-order valence-electron chi connectivity index (χ0n) is 12.6. The van der Waals surface area contributed by atoms with Crippen molar-refractivity contribution in [1.82, 2.24) is 9.97 Å². The van der Waals surface area contributed by atoms with Crippen LogP contribution in [-0.2, 0) is 0 Å². The summed E-state index contributed by atoms with van der Waals surface area (Å²) in [6.07, 6.45) is 1.54. The predicted octanol–water partition coefficient (Wildman–Crippen LogP) is 2.95. The summed E-state index contributed by atoms with van der Waals surface area (Å²) in [4.78, 5) is 8.46. The van der Waals surface area contributed by atoms with Gasteiger partial charge in [-0.05, 0) is 28.5 Å². The fraction of sp³-hybridized carbons (Fsp3) is 0.176. The Bertz CT molecular complexity index is 832. The second-order valence-corrected chi connectivity index (χ2v) is 5.22. The van der Waals surface area contributed by atoms with Gasteiger partial charge >= 0.3 is 0 Å². The maximum Gasteiger partial charge on any atom is 0.148 e. The summed E-state index contributed by atoms with van der Waals surface area (Å²) in [6.45, 7) is 2.07. The van der Waals surface area contributed by atoms with E-state index in [2.05, 4.69) is 35.1 Å². The predicted molar refractivity (Wildman–Crippen MR) is 88.9 cm³/mol. The first-order valence-electron chi connectivity index (χ1n) is 7.04. The highest BCUT2D eigenvalue weighted by Crippen LogP contribution is 2.33. The van der Waals surface area contributed by atoms with E-state index in [9.17, 15) is 0 Å². The van der Waals surface area contributed by atoms with Crippen LogP contribution in [0, 0.1) is 0 Å². The number of nitrogen functional groups attached to an aromatic ring is 2. The molecule has 1 unspecified atom stereocenters. The summed E-state index contributed by atoms with van der Waals surface area (Å²) in [5.41, 5.74) is 13.5. The number of nitrogens with two attached hydrogens (primary N) is 2. The highest BCUT2D eigenvalue weighted by atomic mass is 16.5. The number of rotatable bonds is 3. The highest BCUT2D eigenvalue weighted by Gasteiger charge is 2.17. The normalized spacial score (nSPS) is 12.3. The Hall–Kier alpha value is -2.82. The van der Waals surface area contributed by atoms with Gasteiger partial charge in [0.1, 0.15) is 17.4 Å². The van der Waals surface area contributed by atoms with Crippen molar-refractivity contribution in [3.05, 3.63) is 53.9 Å². The minimum atomic E-state index is 0.0187. The van der Waals surface area contributed by atoms with E-state index in [0.717, 1.165) is 27.8 Å². The Morgan fingerprint density at radius 3 is 2.68 bits per heavy atom. The van der Waals surface area contributed by atoms with Crippen LogP contribution in [0.3, 0.4) is 0 Å². The third-order valence-corrected chi connectivity index (χ3v) is 3.85. The van der Waals surface area contributed by atoms with E-state index in [-0.39, 0.29) is 5.92 Å². The zero-order valence-corrected chi connectivity index (χ0v) is 12.6. The zero-order chi connectivity index (χ0) is 15.7. The van der Waals surface area contributed by atoms with Crippen LogP contribution in [0.15, 0.2) is 42.6 Å². The molecular formula is C17H18N4O. The number of fused-ring (bicyclic) bond motifs is 1. The van der Waals surface area contributed by atoms with E-state index in [1.807, 2.05) is 18.2 Å². The third-order valence-electron chi connectivity index (χ3n) is 3.85. The number of anilines is 2. The molecule has 0 aliphatic rings. The Morgan fingerprint density at radius 1 is 1.14 bits per heavy atom. The molecule has 0 radical (unpaired) electrons. The molecule has 5 nitrogen and oxygen atoms in total. The van der Waals surface area contributed by atoms with Crippen molar-refractivity contribution in [2.75, 3.05) is 18.6 Å². The van der Waals surface area contributed by atoms with Crippen LogP contribution in [0.25, 0.3) is 10.8 Å². The fourth-order valence-electron chi connectivity index (χ4n) is 2.70. The Kier molecular flexibility index (Phi) is 3.55. The monoisotopic (exact) mass is 294 g/mol. The van der Waals surface area contributed by atoms with Crippen LogP contribution in [0.2, 0.25) is 0 Å². The first kappa shape index (κ1) is 14.1. The molecule has 112 valence electrons. The van der Waals surface area contributed by atoms with E-state index < -0.39 is 0 Å². The second-order valence-electron chi connectivity index (χ2n) is 5.22. The van der Waals surface area contributed by atoms with Crippen molar-refractivity contribution in [2.24, 2.45) is 0 Å². The summed E-state index contributed by atoms with van der Waals surface area (Å²) >= 11 is 0. The van der Waals surface area contributed by atoms with Crippen LogP contribution in [0.4, 0.5) is 11.6 Å². The van der Waals surface area contributed by atoms with Gasteiger partial charge in [-0.1, -0.05) is 31.2 Å². The topological polar surface area (TPSA) is 87.0 Å². The van der Waals surface area contributed by atoms with Crippen LogP contribution in [-0.4, -0.2) is 17.1 Å². The molecule has 1 heterocycles. The minimum absolute atomic E-state index is 0.0187. The van der Waals surface area contributed by atoms with Gasteiger partial charge in [-0.25, -0.2) is 4.98 Å². The van der Waals surface area contributed by atoms with Gasteiger partial charge in [0.05, 0.1) is 19.0 Å². The van der Waals surface area contributed by atoms with E-state index in [1.165, 1.54) is 6.20 Å². The smallest absolute Gasteiger partial charge is 0.148 e. The molecule has 4 N–H and O–H groups in total. The Balaban J connectivity index is 2.12. The van der Waals surface area contributed by atoms with E-state index in [4.69, 9.17) is 16.2 Å². The van der Waals surface area contributed by atoms with Crippen LogP contribution >= 0.6 is 0 Å². The lowest BCUT2D eigenvalue weighted by Crippen LogP contribution is -2.08. The molecule has 0 aliphatic carbocycles. The maximum absolute atomic E-state index is 5.98. The van der Waals surface area contributed by atoms with E-state index in [1.54, 1.807) is 7.11 Å². The molecule has 0 fully saturated rings. The lowest BCUT2D eigenvalue weighted by molar-refractivity contribution is 0.415. The fourth-order valence-corrected chi connectivity index (χ4v) is 2.70. The van der Waals surface area contributed by atoms with E-state index in [0.29, 0.717) is 11.6 Å². The number of hydrogen-bond donors (Lipinski definition) is 2. The minimum Gasteiger partial charge on any atom is -0.497 e. The summed E-state index contributed by atoms with van der Waals surface area (Å²) in [5, 5.41) is 2.26. The van der Waals surface area contributed by atoms with Gasteiger partial charge < -0.3 is 16.2 Å². The average molecular weight is 294 g/mol. The van der Waals surface area contributed by atoms with Gasteiger partial charge in [0, 0.05) is 5.92 Å². The van der Waals surface area contributed by atoms with Gasteiger partial charge in [-0.15, -0.1) is 0 Å². The summed E-state index contributed by atoms with van der Waals surface area (Å²) < 4.78 is 5.28. The first-order chi connectivity index (χ1) is 10.6. The standard InChI is InChI=1S/C17H18N4O/c1-10(16-17(19)21-15(18)9-20-16)13-5-3-4-11-8-12(22-2)6-7-14(11)13/h3-10H,1-2H3,(H4,18,19,21). The van der Waals surface area contributed by atoms with Crippen molar-refractivity contribution in [1.29, 1.82) is 0 Å². The van der Waals surface area contributed by atoms with Crippen LogP contribution in [0.1, 0.15) is 24.1 Å². The average Bonchev–Trinajstić information content (AvgIpc) is 2.53. The van der Waals surface area contributed by atoms with Gasteiger partial charge in [0.15, 0.2) is 0 Å². The quantitative estimate of drug-likeness (QED) is 0.775. The Labute approximate surface area is 128 Å². The van der Waals surface area contributed by atoms with Crippen LogP contribution < -0.4 is 16.2 Å². The van der Waals surface area contributed by atoms with E-state index >= 15 is 0 Å². The number of hydrogen-bond acceptors (Lipinski definition) is 5. The molecule has 0 saturated carbocycles. The molecule has 0 bridgehead atoms. The van der Waals surface area contributed by atoms with Gasteiger partial charge in [-0.2, -0.15) is 0 Å². The second kappa shape index (κ2) is 5.52. The molecule has 1 atom stereocenters. The van der Waals surface area contributed by atoms with Crippen LogP contribution in [0.5, 0.6) is 5.75 Å². The molecule has 3 rings (SSSR count). The third kappa shape index (κ3) is 2.41. The molecule has 1 aromatic heterocycles. The Morgan fingerprint density at radius 2 is 1.95 bits per heavy atom. The number of benzene rings is 2. The van der Waals surface area contributed by atoms with Gasteiger partial charge in [0.25, 0.3) is 0 Å². The lowest BCUT2D eigenvalue weighted by atomic mass is 9.92. The van der Waals surface area contributed by atoms with Crippen molar-refractivity contribution >= 4 is 22.4 Å². The first-order valence-corrected chi connectivity index (χ1v) is 7.04. The largest absolute Gasteiger partial charge is 0.497 e. The molecule has 5 heteroatoms. The molecule has 0 amide bonds. The van der Waals surface area contributed by atoms with Crippen molar-refractivity contribution in [3.8, 4) is 5.75 Å². The van der Waals surface area contributed by atoms with Gasteiger partial charge in [-0.3, -0.25) is 4.98 Å². The summed E-state index contributed by atoms with van der Waals surface area (Å²) in [5.74, 6) is 1.56. The summed E-state index contributed by atoms with van der Waals surface area (Å²) in [7, 11) is 1.66.